The van der Waals surface area contributed by atoms with Gasteiger partial charge < -0.3 is 15.2 Å². The summed E-state index contributed by atoms with van der Waals surface area (Å²) in [7, 11) is -2.35. The summed E-state index contributed by atoms with van der Waals surface area (Å²) in [5.74, 6) is -0.344. The van der Waals surface area contributed by atoms with E-state index < -0.39 is 27.9 Å². The van der Waals surface area contributed by atoms with Gasteiger partial charge >= 0.3 is 6.03 Å². The van der Waals surface area contributed by atoms with Crippen molar-refractivity contribution >= 4 is 21.6 Å². The number of aromatic nitrogens is 3. The van der Waals surface area contributed by atoms with Crippen molar-refractivity contribution in [2.75, 3.05) is 12.4 Å². The highest BCUT2D eigenvalue weighted by molar-refractivity contribution is 7.91. The molecule has 3 aromatic rings. The third-order valence-corrected chi connectivity index (χ3v) is 6.13. The van der Waals surface area contributed by atoms with Gasteiger partial charge in [-0.05, 0) is 48.2 Å². The quantitative estimate of drug-likeness (QED) is 0.379. The number of aliphatic hydroxyl groups is 1. The molecule has 4 N–H and O–H groups in total. The molecule has 0 aliphatic carbocycles. The molecule has 0 aliphatic heterocycles. The number of hydrogen-bond donors (Lipinski definition) is 4. The maximum absolute atomic E-state index is 14.5. The highest BCUT2D eigenvalue weighted by Gasteiger charge is 2.22. The Morgan fingerprint density at radius 3 is 2.68 bits per heavy atom. The molecule has 2 heterocycles. The summed E-state index contributed by atoms with van der Waals surface area (Å²) in [6.07, 6.45) is 2.27. The van der Waals surface area contributed by atoms with E-state index in [0.29, 0.717) is 28.3 Å². The zero-order valence-electron chi connectivity index (χ0n) is 19.2. The van der Waals surface area contributed by atoms with Crippen LogP contribution in [-0.4, -0.2) is 43.3 Å². The van der Waals surface area contributed by atoms with Gasteiger partial charge in [-0.25, -0.2) is 27.9 Å². The molecule has 2 atom stereocenters. The number of anilines is 1. The second-order valence-electron chi connectivity index (χ2n) is 8.00. The van der Waals surface area contributed by atoms with E-state index in [4.69, 9.17) is 9.52 Å². The van der Waals surface area contributed by atoms with E-state index >= 15 is 0 Å². The molecule has 0 bridgehead atoms. The normalized spacial score (nSPS) is 13.9. The van der Waals surface area contributed by atoms with Gasteiger partial charge in [0.25, 0.3) is 0 Å². The first kappa shape index (κ1) is 25.1. The Labute approximate surface area is 197 Å². The number of halogens is 1. The predicted molar refractivity (Wildman–Crippen MR) is 125 cm³/mol. The molecule has 0 saturated heterocycles. The van der Waals surface area contributed by atoms with E-state index in [-0.39, 0.29) is 17.5 Å². The molecular weight excluding hydrogens is 463 g/mol. The Hall–Kier alpha value is -3.51. The van der Waals surface area contributed by atoms with Gasteiger partial charge in [-0.2, -0.15) is 5.10 Å². The third kappa shape index (κ3) is 5.88. The van der Waals surface area contributed by atoms with Gasteiger partial charge in [-0.1, -0.05) is 13.8 Å². The van der Waals surface area contributed by atoms with Crippen molar-refractivity contribution in [3.05, 3.63) is 54.1 Å². The molecule has 12 heteroatoms. The summed E-state index contributed by atoms with van der Waals surface area (Å²) < 4.78 is 44.1. The lowest BCUT2D eigenvalue weighted by atomic mass is 9.94. The van der Waals surface area contributed by atoms with Crippen molar-refractivity contribution < 1.29 is 23.2 Å². The summed E-state index contributed by atoms with van der Waals surface area (Å²) in [6.45, 7) is 5.40. The highest BCUT2D eigenvalue weighted by atomic mass is 32.2. The largest absolute Gasteiger partial charge is 0.481 e. The molecule has 0 fully saturated rings. The smallest absolute Gasteiger partial charge is 0.332 e. The fourth-order valence-corrected chi connectivity index (χ4v) is 4.22. The van der Waals surface area contributed by atoms with Crippen LogP contribution in [0.25, 0.3) is 11.1 Å². The van der Waals surface area contributed by atoms with Gasteiger partial charge in [0.1, 0.15) is 5.82 Å². The first-order chi connectivity index (χ1) is 16.0. The minimum Gasteiger partial charge on any atom is -0.481 e. The Kier molecular flexibility index (Phi) is 7.52. The molecule has 0 aliphatic rings. The molecular formula is C22H27FN6O4S. The maximum atomic E-state index is 14.5. The minimum atomic E-state index is -3.80. The van der Waals surface area contributed by atoms with Crippen LogP contribution in [0.3, 0.4) is 0 Å². The Morgan fingerprint density at radius 2 is 2.03 bits per heavy atom. The van der Waals surface area contributed by atoms with Crippen LogP contribution in [0.4, 0.5) is 14.9 Å². The monoisotopic (exact) mass is 490 g/mol. The van der Waals surface area contributed by atoms with Crippen molar-refractivity contribution in [2.45, 2.75) is 44.4 Å². The van der Waals surface area contributed by atoms with E-state index in [1.54, 1.807) is 19.1 Å². The summed E-state index contributed by atoms with van der Waals surface area (Å²) in [5.41, 5.74) is 1.74. The Bertz CT molecular complexity index is 1290. The van der Waals surface area contributed by atoms with Crippen LogP contribution in [0.1, 0.15) is 32.3 Å². The number of nitrogens with one attached hydrogen (secondary N) is 3. The van der Waals surface area contributed by atoms with Crippen LogP contribution < -0.4 is 14.8 Å². The molecule has 0 spiro atoms. The van der Waals surface area contributed by atoms with Gasteiger partial charge in [-0.3, -0.25) is 4.68 Å². The zero-order valence-corrected chi connectivity index (χ0v) is 20.0. The lowest BCUT2D eigenvalue weighted by Crippen LogP contribution is -2.34. The lowest BCUT2D eigenvalue weighted by molar-refractivity contribution is 0.168. The van der Waals surface area contributed by atoms with Crippen LogP contribution >= 0.6 is 0 Å². The number of nitrogens with zero attached hydrogens (tertiary/aromatic N) is 3. The maximum Gasteiger partial charge on any atom is 0.332 e. The fourth-order valence-electron chi connectivity index (χ4n) is 3.33. The number of rotatable bonds is 8. The van der Waals surface area contributed by atoms with Crippen molar-refractivity contribution in [3.63, 3.8) is 0 Å². The highest BCUT2D eigenvalue weighted by Crippen LogP contribution is 2.36. The Morgan fingerprint density at radius 1 is 1.29 bits per heavy atom. The van der Waals surface area contributed by atoms with Crippen molar-refractivity contribution in [3.8, 4) is 17.0 Å². The predicted octanol–water partition coefficient (Wildman–Crippen LogP) is 3.74. The number of pyridine rings is 1. The van der Waals surface area contributed by atoms with Gasteiger partial charge in [0.15, 0.2) is 14.9 Å². The number of aliphatic hydroxyl groups excluding tert-OH is 1. The SMILES string of the molecule is COc1cc(-c2cc(F)cc(C(C)C)c2NC(=O)NS(=N)(=O)c2ccn(C[C@@H](C)O)n2)ccn1. The topological polar surface area (TPSA) is 142 Å². The summed E-state index contributed by atoms with van der Waals surface area (Å²) in [4.78, 5) is 16.9. The number of urea groups is 1. The molecule has 2 amide bonds. The number of ether oxygens (including phenoxy) is 1. The number of carbonyl (C=O) groups is 1. The second-order valence-corrected chi connectivity index (χ2v) is 9.73. The van der Waals surface area contributed by atoms with Crippen molar-refractivity contribution in [1.29, 1.82) is 4.78 Å². The fraction of sp³-hybridized carbons (Fsp3) is 0.318. The first-order valence-electron chi connectivity index (χ1n) is 10.4. The minimum absolute atomic E-state index is 0.147. The zero-order chi connectivity index (χ0) is 25.0. The van der Waals surface area contributed by atoms with Crippen LogP contribution in [0.15, 0.2) is 47.8 Å². The molecule has 0 radical (unpaired) electrons. The molecule has 2 aromatic heterocycles. The van der Waals surface area contributed by atoms with Gasteiger partial charge in [0.2, 0.25) is 5.88 Å². The Balaban J connectivity index is 1.94. The van der Waals surface area contributed by atoms with Crippen LogP contribution in [0.2, 0.25) is 0 Å². The number of benzene rings is 1. The number of amides is 2. The molecule has 0 saturated carbocycles. The standard InChI is InChI=1S/C22H27FN6O4S/c1-13(2)17-10-16(23)11-18(15-5-7-25-19(9-15)33-4)21(17)26-22(31)28-34(24,32)20-6-8-29(27-20)12-14(3)30/h5-11,13-14,30H,12H2,1-4H3,(H3,24,26,28,31,32)/t14-,34?/m1/s1. The van der Waals surface area contributed by atoms with Crippen LogP contribution in [0.5, 0.6) is 5.88 Å². The van der Waals surface area contributed by atoms with Crippen LogP contribution in [0, 0.1) is 10.6 Å². The van der Waals surface area contributed by atoms with Gasteiger partial charge in [0, 0.05) is 24.0 Å². The lowest BCUT2D eigenvalue weighted by Gasteiger charge is -2.19. The van der Waals surface area contributed by atoms with Crippen molar-refractivity contribution in [1.82, 2.24) is 19.5 Å². The average molecular weight is 491 g/mol. The van der Waals surface area contributed by atoms with Crippen molar-refractivity contribution in [2.24, 2.45) is 0 Å². The molecule has 1 unspecified atom stereocenters. The summed E-state index contributed by atoms with van der Waals surface area (Å²) >= 11 is 0. The van der Waals surface area contributed by atoms with E-state index in [2.05, 4.69) is 20.1 Å². The molecule has 3 rings (SSSR count). The molecule has 182 valence electrons. The average Bonchev–Trinajstić information content (AvgIpc) is 3.23. The van der Waals surface area contributed by atoms with E-state index in [1.165, 1.54) is 42.4 Å². The third-order valence-electron chi connectivity index (χ3n) is 4.85. The number of methoxy groups -OCH3 is 1. The van der Waals surface area contributed by atoms with Gasteiger partial charge in [0.05, 0.1) is 25.4 Å². The van der Waals surface area contributed by atoms with E-state index in [0.717, 1.165) is 0 Å². The van der Waals surface area contributed by atoms with Gasteiger partial charge in [-0.15, -0.1) is 0 Å². The van der Waals surface area contributed by atoms with E-state index in [1.807, 2.05) is 13.8 Å². The second kappa shape index (κ2) is 10.2. The number of carbonyl (C=O) groups excluding carboxylic acids is 1. The first-order valence-corrected chi connectivity index (χ1v) is 12.0. The molecule has 1 aromatic carbocycles. The molecule has 34 heavy (non-hydrogen) atoms. The van der Waals surface area contributed by atoms with E-state index in [9.17, 15) is 18.5 Å². The summed E-state index contributed by atoms with van der Waals surface area (Å²) in [6, 6.07) is 6.26. The molecule has 10 nitrogen and oxygen atoms in total. The summed E-state index contributed by atoms with van der Waals surface area (Å²) in [5, 5.41) is 16.0. The van der Waals surface area contributed by atoms with Crippen LogP contribution in [-0.2, 0) is 16.5 Å². The number of hydrogen-bond acceptors (Lipinski definition) is 7.